The van der Waals surface area contributed by atoms with Gasteiger partial charge in [-0.1, -0.05) is 6.42 Å². The third kappa shape index (κ3) is 1.94. The first-order chi connectivity index (χ1) is 8.75. The lowest BCUT2D eigenvalue weighted by Gasteiger charge is -2.37. The van der Waals surface area contributed by atoms with Gasteiger partial charge in [-0.05, 0) is 37.7 Å². The van der Waals surface area contributed by atoms with Crippen LogP contribution in [0.4, 0.5) is 5.95 Å². The summed E-state index contributed by atoms with van der Waals surface area (Å²) in [6.45, 7) is 0.949. The Hall–Kier alpha value is -1.65. The molecule has 0 radical (unpaired) electrons. The molecule has 2 atom stereocenters. The molecular formula is C13H17N3O2. The van der Waals surface area contributed by atoms with Crippen molar-refractivity contribution in [2.24, 2.45) is 5.92 Å². The lowest BCUT2D eigenvalue weighted by Crippen LogP contribution is -2.43. The maximum absolute atomic E-state index is 11.0. The van der Waals surface area contributed by atoms with E-state index in [4.69, 9.17) is 5.11 Å². The van der Waals surface area contributed by atoms with Crippen molar-refractivity contribution in [1.82, 2.24) is 9.97 Å². The number of hydrogen-bond acceptors (Lipinski definition) is 4. The van der Waals surface area contributed by atoms with Crippen molar-refractivity contribution in [3.63, 3.8) is 0 Å². The van der Waals surface area contributed by atoms with Crippen molar-refractivity contribution in [2.75, 3.05) is 11.4 Å². The van der Waals surface area contributed by atoms with Gasteiger partial charge in [0.25, 0.3) is 0 Å². The summed E-state index contributed by atoms with van der Waals surface area (Å²) in [6, 6.07) is 1.96. The van der Waals surface area contributed by atoms with E-state index in [1.54, 1.807) is 6.20 Å². The largest absolute Gasteiger partial charge is 0.477 e. The van der Waals surface area contributed by atoms with Crippen LogP contribution in [0.3, 0.4) is 0 Å². The van der Waals surface area contributed by atoms with Gasteiger partial charge in [0.1, 0.15) is 0 Å². The van der Waals surface area contributed by atoms with Gasteiger partial charge < -0.3 is 10.0 Å². The predicted octanol–water partition coefficient (Wildman–Crippen LogP) is 1.94. The number of piperidine rings is 1. The quantitative estimate of drug-likeness (QED) is 0.865. The molecule has 1 aliphatic heterocycles. The molecule has 2 heterocycles. The Morgan fingerprint density at radius 2 is 2.17 bits per heavy atom. The number of nitrogens with zero attached hydrogens (tertiary/aromatic N) is 3. The van der Waals surface area contributed by atoms with Gasteiger partial charge in [0.05, 0.1) is 0 Å². The Morgan fingerprint density at radius 1 is 1.33 bits per heavy atom. The van der Waals surface area contributed by atoms with Crippen LogP contribution in [-0.4, -0.2) is 33.6 Å². The van der Waals surface area contributed by atoms with E-state index in [0.29, 0.717) is 12.0 Å². The molecule has 5 nitrogen and oxygen atoms in total. The van der Waals surface area contributed by atoms with Crippen LogP contribution in [0.15, 0.2) is 12.3 Å². The average molecular weight is 247 g/mol. The SMILES string of the molecule is O=C(O)c1ccnc(N2CCCC3CCCC32)n1. The summed E-state index contributed by atoms with van der Waals surface area (Å²) < 4.78 is 0. The molecular weight excluding hydrogens is 230 g/mol. The van der Waals surface area contributed by atoms with Gasteiger partial charge in [0, 0.05) is 18.8 Å². The highest BCUT2D eigenvalue weighted by atomic mass is 16.4. The van der Waals surface area contributed by atoms with Crippen molar-refractivity contribution >= 4 is 11.9 Å². The van der Waals surface area contributed by atoms with Gasteiger partial charge in [-0.25, -0.2) is 14.8 Å². The zero-order chi connectivity index (χ0) is 12.5. The molecule has 2 aliphatic rings. The predicted molar refractivity (Wildman–Crippen MR) is 66.7 cm³/mol. The Morgan fingerprint density at radius 3 is 3.00 bits per heavy atom. The number of hydrogen-bond donors (Lipinski definition) is 1. The van der Waals surface area contributed by atoms with Crippen molar-refractivity contribution in [3.05, 3.63) is 18.0 Å². The monoisotopic (exact) mass is 247 g/mol. The van der Waals surface area contributed by atoms with Crippen LogP contribution in [0.25, 0.3) is 0 Å². The molecule has 5 heteroatoms. The highest BCUT2D eigenvalue weighted by Gasteiger charge is 2.36. The van der Waals surface area contributed by atoms with E-state index < -0.39 is 5.97 Å². The van der Waals surface area contributed by atoms with Crippen LogP contribution in [0.2, 0.25) is 0 Å². The molecule has 0 spiro atoms. The zero-order valence-corrected chi connectivity index (χ0v) is 10.2. The third-order valence-electron chi connectivity index (χ3n) is 4.11. The van der Waals surface area contributed by atoms with E-state index in [1.807, 2.05) is 0 Å². The van der Waals surface area contributed by atoms with E-state index in [1.165, 1.54) is 31.7 Å². The van der Waals surface area contributed by atoms with Gasteiger partial charge in [0.2, 0.25) is 5.95 Å². The second-order valence-electron chi connectivity index (χ2n) is 5.14. The van der Waals surface area contributed by atoms with Gasteiger partial charge >= 0.3 is 5.97 Å². The zero-order valence-electron chi connectivity index (χ0n) is 10.2. The summed E-state index contributed by atoms with van der Waals surface area (Å²) >= 11 is 0. The summed E-state index contributed by atoms with van der Waals surface area (Å²) in [5, 5.41) is 8.99. The summed E-state index contributed by atoms with van der Waals surface area (Å²) in [5.41, 5.74) is 0.0834. The number of fused-ring (bicyclic) bond motifs is 1. The second kappa shape index (κ2) is 4.55. The maximum atomic E-state index is 11.0. The lowest BCUT2D eigenvalue weighted by atomic mass is 9.92. The Labute approximate surface area is 106 Å². The molecule has 1 N–H and O–H groups in total. The highest BCUT2D eigenvalue weighted by molar-refractivity contribution is 5.85. The van der Waals surface area contributed by atoms with E-state index in [2.05, 4.69) is 14.9 Å². The first kappa shape index (κ1) is 11.4. The van der Waals surface area contributed by atoms with Crippen LogP contribution in [-0.2, 0) is 0 Å². The normalized spacial score (nSPS) is 27.0. The molecule has 96 valence electrons. The number of aromatic nitrogens is 2. The molecule has 1 saturated carbocycles. The molecule has 0 aromatic carbocycles. The second-order valence-corrected chi connectivity index (χ2v) is 5.14. The van der Waals surface area contributed by atoms with E-state index >= 15 is 0 Å². The van der Waals surface area contributed by atoms with E-state index in [0.717, 1.165) is 18.9 Å². The summed E-state index contributed by atoms with van der Waals surface area (Å²) in [6.07, 6.45) is 7.74. The first-order valence-electron chi connectivity index (χ1n) is 6.58. The number of anilines is 1. The molecule has 18 heavy (non-hydrogen) atoms. The average Bonchev–Trinajstić information content (AvgIpc) is 2.87. The van der Waals surface area contributed by atoms with Gasteiger partial charge in [-0.3, -0.25) is 0 Å². The Kier molecular flexibility index (Phi) is 2.89. The minimum Gasteiger partial charge on any atom is -0.477 e. The van der Waals surface area contributed by atoms with E-state index in [-0.39, 0.29) is 5.69 Å². The smallest absolute Gasteiger partial charge is 0.354 e. The number of carbonyl (C=O) groups is 1. The Bertz CT molecular complexity index is 463. The lowest BCUT2D eigenvalue weighted by molar-refractivity contribution is 0.0690. The highest BCUT2D eigenvalue weighted by Crippen LogP contribution is 2.37. The molecule has 1 aromatic rings. The summed E-state index contributed by atoms with van der Waals surface area (Å²) in [7, 11) is 0. The molecule has 3 rings (SSSR count). The van der Waals surface area contributed by atoms with Gasteiger partial charge in [-0.15, -0.1) is 0 Å². The number of carboxylic acid groups (broad SMARTS) is 1. The number of aromatic carboxylic acids is 1. The standard InChI is InChI=1S/C13H17N3O2/c17-12(18)10-6-7-14-13(15-10)16-8-2-4-9-3-1-5-11(9)16/h6-7,9,11H,1-5,8H2,(H,17,18). The minimum absolute atomic E-state index is 0.0834. The van der Waals surface area contributed by atoms with Crippen molar-refractivity contribution in [3.8, 4) is 0 Å². The molecule has 0 bridgehead atoms. The van der Waals surface area contributed by atoms with Crippen LogP contribution in [0.5, 0.6) is 0 Å². The fourth-order valence-electron chi connectivity index (χ4n) is 3.31. The number of carboxylic acids is 1. The molecule has 1 aliphatic carbocycles. The van der Waals surface area contributed by atoms with Crippen LogP contribution in [0, 0.1) is 5.92 Å². The fourth-order valence-corrected chi connectivity index (χ4v) is 3.31. The first-order valence-corrected chi connectivity index (χ1v) is 6.58. The minimum atomic E-state index is -0.987. The fraction of sp³-hybridized carbons (Fsp3) is 0.615. The summed E-state index contributed by atoms with van der Waals surface area (Å²) in [4.78, 5) is 21.6. The Balaban J connectivity index is 1.89. The maximum Gasteiger partial charge on any atom is 0.354 e. The van der Waals surface area contributed by atoms with E-state index in [9.17, 15) is 4.79 Å². The molecule has 1 saturated heterocycles. The topological polar surface area (TPSA) is 66.3 Å². The molecule has 0 amide bonds. The van der Waals surface area contributed by atoms with Gasteiger partial charge in [0.15, 0.2) is 5.69 Å². The van der Waals surface area contributed by atoms with Crippen LogP contribution < -0.4 is 4.90 Å². The number of rotatable bonds is 2. The van der Waals surface area contributed by atoms with Crippen molar-refractivity contribution in [2.45, 2.75) is 38.1 Å². The summed E-state index contributed by atoms with van der Waals surface area (Å²) in [5.74, 6) is 0.348. The van der Waals surface area contributed by atoms with Crippen LogP contribution in [0.1, 0.15) is 42.6 Å². The third-order valence-corrected chi connectivity index (χ3v) is 4.11. The molecule has 2 unspecified atom stereocenters. The van der Waals surface area contributed by atoms with Gasteiger partial charge in [-0.2, -0.15) is 0 Å². The van der Waals surface area contributed by atoms with Crippen LogP contribution >= 0.6 is 0 Å². The molecule has 1 aromatic heterocycles. The van der Waals surface area contributed by atoms with Crippen molar-refractivity contribution in [1.29, 1.82) is 0 Å². The van der Waals surface area contributed by atoms with Crippen molar-refractivity contribution < 1.29 is 9.90 Å². The molecule has 2 fully saturated rings.